The van der Waals surface area contributed by atoms with E-state index < -0.39 is 6.09 Å². The van der Waals surface area contributed by atoms with Crippen molar-refractivity contribution >= 4 is 17.5 Å². The van der Waals surface area contributed by atoms with Crippen LogP contribution < -0.4 is 15.8 Å². The molecule has 0 saturated heterocycles. The van der Waals surface area contributed by atoms with Gasteiger partial charge in [-0.1, -0.05) is 30.3 Å². The molecule has 5 nitrogen and oxygen atoms in total. The van der Waals surface area contributed by atoms with E-state index in [9.17, 15) is 4.79 Å². The maximum absolute atomic E-state index is 11.7. The molecule has 2 rings (SSSR count). The van der Waals surface area contributed by atoms with E-state index >= 15 is 0 Å². The topological polar surface area (TPSA) is 73.6 Å². The van der Waals surface area contributed by atoms with Gasteiger partial charge in [0.1, 0.15) is 12.4 Å². The maximum Gasteiger partial charge on any atom is 0.412 e. The van der Waals surface area contributed by atoms with Crippen molar-refractivity contribution in [1.82, 2.24) is 0 Å². The Morgan fingerprint density at radius 3 is 2.65 bits per heavy atom. The van der Waals surface area contributed by atoms with E-state index in [0.29, 0.717) is 17.1 Å². The summed E-state index contributed by atoms with van der Waals surface area (Å²) in [5.74, 6) is 0.609. The molecule has 0 aromatic heterocycles. The SMILES string of the molecule is COc1ccc(N)c(NC(=O)OCc2ccccc2)c1. The highest BCUT2D eigenvalue weighted by molar-refractivity contribution is 5.89. The highest BCUT2D eigenvalue weighted by atomic mass is 16.5. The van der Waals surface area contributed by atoms with E-state index in [0.717, 1.165) is 5.56 Å². The van der Waals surface area contributed by atoms with Crippen LogP contribution in [0.15, 0.2) is 48.5 Å². The van der Waals surface area contributed by atoms with Crippen molar-refractivity contribution in [2.75, 3.05) is 18.2 Å². The van der Waals surface area contributed by atoms with Crippen molar-refractivity contribution in [3.8, 4) is 5.75 Å². The second-order valence-electron chi connectivity index (χ2n) is 4.14. The van der Waals surface area contributed by atoms with Gasteiger partial charge in [0.2, 0.25) is 0 Å². The number of rotatable bonds is 4. The molecule has 0 radical (unpaired) electrons. The number of methoxy groups -OCH3 is 1. The minimum atomic E-state index is -0.561. The molecule has 1 amide bonds. The first kappa shape index (κ1) is 13.7. The summed E-state index contributed by atoms with van der Waals surface area (Å²) in [6, 6.07) is 14.5. The van der Waals surface area contributed by atoms with Crippen molar-refractivity contribution in [2.45, 2.75) is 6.61 Å². The lowest BCUT2D eigenvalue weighted by atomic mass is 10.2. The summed E-state index contributed by atoms with van der Waals surface area (Å²) < 4.78 is 10.2. The summed E-state index contributed by atoms with van der Waals surface area (Å²) in [5.41, 5.74) is 7.60. The molecule has 0 saturated carbocycles. The maximum atomic E-state index is 11.7. The Bertz CT molecular complexity index is 585. The lowest BCUT2D eigenvalue weighted by Gasteiger charge is -2.10. The van der Waals surface area contributed by atoms with E-state index in [4.69, 9.17) is 15.2 Å². The fourth-order valence-corrected chi connectivity index (χ4v) is 1.64. The van der Waals surface area contributed by atoms with Crippen molar-refractivity contribution < 1.29 is 14.3 Å². The zero-order chi connectivity index (χ0) is 14.4. The lowest BCUT2D eigenvalue weighted by Crippen LogP contribution is -2.14. The summed E-state index contributed by atoms with van der Waals surface area (Å²) in [4.78, 5) is 11.7. The first-order valence-corrected chi connectivity index (χ1v) is 6.10. The predicted molar refractivity (Wildman–Crippen MR) is 77.7 cm³/mol. The van der Waals surface area contributed by atoms with Gasteiger partial charge in [-0.15, -0.1) is 0 Å². The van der Waals surface area contributed by atoms with E-state index in [1.54, 1.807) is 25.3 Å². The number of ether oxygens (including phenoxy) is 2. The highest BCUT2D eigenvalue weighted by Crippen LogP contribution is 2.24. The monoisotopic (exact) mass is 272 g/mol. The molecule has 0 atom stereocenters. The largest absolute Gasteiger partial charge is 0.497 e. The Balaban J connectivity index is 1.94. The van der Waals surface area contributed by atoms with Crippen LogP contribution in [0.25, 0.3) is 0 Å². The second-order valence-corrected chi connectivity index (χ2v) is 4.14. The van der Waals surface area contributed by atoms with E-state index in [2.05, 4.69) is 5.32 Å². The summed E-state index contributed by atoms with van der Waals surface area (Å²) in [5, 5.41) is 2.59. The van der Waals surface area contributed by atoms with Crippen LogP contribution in [-0.2, 0) is 11.3 Å². The molecule has 0 bridgehead atoms. The molecule has 2 aromatic rings. The molecular formula is C15H16N2O3. The van der Waals surface area contributed by atoms with Crippen LogP contribution in [0, 0.1) is 0 Å². The molecular weight excluding hydrogens is 256 g/mol. The molecule has 0 aliphatic rings. The number of carbonyl (C=O) groups is 1. The van der Waals surface area contributed by atoms with Crippen LogP contribution in [0.3, 0.4) is 0 Å². The van der Waals surface area contributed by atoms with Gasteiger partial charge in [-0.3, -0.25) is 5.32 Å². The predicted octanol–water partition coefficient (Wildman–Crippen LogP) is 3.03. The van der Waals surface area contributed by atoms with Crippen LogP contribution in [-0.4, -0.2) is 13.2 Å². The Morgan fingerprint density at radius 2 is 1.95 bits per heavy atom. The minimum absolute atomic E-state index is 0.205. The van der Waals surface area contributed by atoms with Crippen molar-refractivity contribution in [1.29, 1.82) is 0 Å². The van der Waals surface area contributed by atoms with Crippen molar-refractivity contribution in [3.63, 3.8) is 0 Å². The van der Waals surface area contributed by atoms with Crippen molar-refractivity contribution in [2.24, 2.45) is 0 Å². The third-order valence-electron chi connectivity index (χ3n) is 2.71. The van der Waals surface area contributed by atoms with Crippen LogP contribution in [0.5, 0.6) is 5.75 Å². The molecule has 104 valence electrons. The molecule has 20 heavy (non-hydrogen) atoms. The first-order chi connectivity index (χ1) is 9.69. The number of anilines is 2. The molecule has 5 heteroatoms. The number of nitrogens with one attached hydrogen (secondary N) is 1. The zero-order valence-electron chi connectivity index (χ0n) is 11.1. The summed E-state index contributed by atoms with van der Waals surface area (Å²) in [7, 11) is 1.54. The number of amides is 1. The summed E-state index contributed by atoms with van der Waals surface area (Å²) in [6.45, 7) is 0.205. The zero-order valence-corrected chi connectivity index (χ0v) is 11.1. The number of nitrogen functional groups attached to an aromatic ring is 1. The number of nitrogens with two attached hydrogens (primary N) is 1. The molecule has 3 N–H and O–H groups in total. The molecule has 0 heterocycles. The standard InChI is InChI=1S/C15H16N2O3/c1-19-12-7-8-13(16)14(9-12)17-15(18)20-10-11-5-3-2-4-6-11/h2-9H,10,16H2,1H3,(H,17,18). The van der Waals surface area contributed by atoms with Gasteiger partial charge >= 0.3 is 6.09 Å². The van der Waals surface area contributed by atoms with E-state index in [1.807, 2.05) is 30.3 Å². The second kappa shape index (κ2) is 6.47. The smallest absolute Gasteiger partial charge is 0.412 e. The molecule has 0 fully saturated rings. The number of benzene rings is 2. The fraction of sp³-hybridized carbons (Fsp3) is 0.133. The lowest BCUT2D eigenvalue weighted by molar-refractivity contribution is 0.155. The van der Waals surface area contributed by atoms with Crippen molar-refractivity contribution in [3.05, 3.63) is 54.1 Å². The van der Waals surface area contributed by atoms with Gasteiger partial charge in [-0.05, 0) is 17.7 Å². The molecule has 2 aromatic carbocycles. The van der Waals surface area contributed by atoms with Gasteiger partial charge in [0.05, 0.1) is 18.5 Å². The highest BCUT2D eigenvalue weighted by Gasteiger charge is 2.07. The van der Waals surface area contributed by atoms with Crippen LogP contribution in [0.2, 0.25) is 0 Å². The minimum Gasteiger partial charge on any atom is -0.497 e. The summed E-state index contributed by atoms with van der Waals surface area (Å²) >= 11 is 0. The number of hydrogen-bond donors (Lipinski definition) is 2. The van der Waals surface area contributed by atoms with E-state index in [1.165, 1.54) is 0 Å². The fourth-order valence-electron chi connectivity index (χ4n) is 1.64. The van der Waals surface area contributed by atoms with Gasteiger partial charge in [-0.25, -0.2) is 4.79 Å². The van der Waals surface area contributed by atoms with Gasteiger partial charge in [0.15, 0.2) is 0 Å². The quantitative estimate of drug-likeness (QED) is 0.839. The van der Waals surface area contributed by atoms with Crippen LogP contribution in [0.4, 0.5) is 16.2 Å². The summed E-state index contributed by atoms with van der Waals surface area (Å²) in [6.07, 6.45) is -0.561. The Labute approximate surface area is 117 Å². The normalized spacial score (nSPS) is 9.85. The van der Waals surface area contributed by atoms with Gasteiger partial charge in [0, 0.05) is 6.07 Å². The van der Waals surface area contributed by atoms with Gasteiger partial charge < -0.3 is 15.2 Å². The first-order valence-electron chi connectivity index (χ1n) is 6.10. The average molecular weight is 272 g/mol. The van der Waals surface area contributed by atoms with Gasteiger partial charge in [0.25, 0.3) is 0 Å². The Hall–Kier alpha value is -2.69. The molecule has 0 spiro atoms. The third kappa shape index (κ3) is 3.65. The van der Waals surface area contributed by atoms with Crippen LogP contribution in [0.1, 0.15) is 5.56 Å². The third-order valence-corrected chi connectivity index (χ3v) is 2.71. The molecule has 0 unspecified atom stereocenters. The molecule has 0 aliphatic carbocycles. The Morgan fingerprint density at radius 1 is 1.20 bits per heavy atom. The number of hydrogen-bond acceptors (Lipinski definition) is 4. The average Bonchev–Trinajstić information content (AvgIpc) is 2.48. The van der Waals surface area contributed by atoms with E-state index in [-0.39, 0.29) is 6.61 Å². The van der Waals surface area contributed by atoms with Gasteiger partial charge in [-0.2, -0.15) is 0 Å². The number of carbonyl (C=O) groups excluding carboxylic acids is 1. The van der Waals surface area contributed by atoms with Crippen LogP contribution >= 0.6 is 0 Å². The Kier molecular flexibility index (Phi) is 4.44. The molecule has 0 aliphatic heterocycles.